The number of fused-ring (bicyclic) bond motifs is 1. The summed E-state index contributed by atoms with van der Waals surface area (Å²) >= 11 is 0. The molecule has 3 amide bonds. The predicted octanol–water partition coefficient (Wildman–Crippen LogP) is 4.00. The van der Waals surface area contributed by atoms with Crippen LogP contribution in [0.15, 0.2) is 34.7 Å². The zero-order valence-electron chi connectivity index (χ0n) is 23.3. The van der Waals surface area contributed by atoms with Crippen molar-refractivity contribution in [3.8, 4) is 0 Å². The van der Waals surface area contributed by atoms with Crippen LogP contribution >= 0.6 is 0 Å². The molecular formula is C27H39N3O7S. The molecule has 0 radical (unpaired) electrons. The molecule has 0 bridgehead atoms. The number of nitrogens with zero attached hydrogens (tertiary/aromatic N) is 3. The SMILES string of the molecule is CN1C(=O)N(CCCC(CC(=O)OC(C)(C)C)CS(=O)(=O)N(C)Cc2cc3ccccc3o2)C(=O)C1(C)C. The van der Waals surface area contributed by atoms with E-state index in [4.69, 9.17) is 9.15 Å². The van der Waals surface area contributed by atoms with Crippen molar-refractivity contribution in [1.29, 1.82) is 0 Å². The molecule has 1 aromatic heterocycles. The molecule has 38 heavy (non-hydrogen) atoms. The van der Waals surface area contributed by atoms with Gasteiger partial charge in [-0.2, -0.15) is 4.31 Å². The number of carbonyl (C=O) groups excluding carboxylic acids is 3. The van der Waals surface area contributed by atoms with E-state index in [1.807, 2.05) is 30.3 Å². The van der Waals surface area contributed by atoms with E-state index in [-0.39, 0.29) is 37.2 Å². The zero-order valence-corrected chi connectivity index (χ0v) is 24.1. The number of rotatable bonds is 11. The Balaban J connectivity index is 1.69. The molecule has 1 aromatic carbocycles. The summed E-state index contributed by atoms with van der Waals surface area (Å²) < 4.78 is 39.0. The highest BCUT2D eigenvalue weighted by molar-refractivity contribution is 7.89. The first-order chi connectivity index (χ1) is 17.5. The molecule has 1 saturated heterocycles. The number of para-hydroxylation sites is 1. The van der Waals surface area contributed by atoms with Gasteiger partial charge in [0.2, 0.25) is 10.0 Å². The van der Waals surface area contributed by atoms with E-state index >= 15 is 0 Å². The number of urea groups is 1. The van der Waals surface area contributed by atoms with Gasteiger partial charge in [-0.1, -0.05) is 18.2 Å². The molecule has 1 atom stereocenters. The molecule has 1 aliphatic heterocycles. The van der Waals surface area contributed by atoms with Crippen LogP contribution in [0.25, 0.3) is 11.0 Å². The first-order valence-corrected chi connectivity index (χ1v) is 14.4. The number of ether oxygens (including phenoxy) is 1. The van der Waals surface area contributed by atoms with E-state index in [1.54, 1.807) is 41.7 Å². The highest BCUT2D eigenvalue weighted by atomic mass is 32.2. The van der Waals surface area contributed by atoms with Gasteiger partial charge in [0.1, 0.15) is 22.5 Å². The normalized spacial score (nSPS) is 17.1. The number of benzene rings is 1. The molecule has 0 spiro atoms. The summed E-state index contributed by atoms with van der Waals surface area (Å²) in [5.74, 6) is -1.13. The van der Waals surface area contributed by atoms with E-state index in [0.29, 0.717) is 24.2 Å². The Morgan fingerprint density at radius 1 is 1.18 bits per heavy atom. The van der Waals surface area contributed by atoms with Crippen molar-refractivity contribution in [2.45, 2.75) is 71.6 Å². The summed E-state index contributed by atoms with van der Waals surface area (Å²) in [7, 11) is -0.715. The maximum atomic E-state index is 13.3. The van der Waals surface area contributed by atoms with E-state index < -0.39 is 33.1 Å². The molecule has 210 valence electrons. The summed E-state index contributed by atoms with van der Waals surface area (Å²) in [6, 6.07) is 8.86. The second kappa shape index (κ2) is 11.1. The second-order valence-electron chi connectivity index (χ2n) is 11.4. The Morgan fingerprint density at radius 3 is 2.42 bits per heavy atom. The van der Waals surface area contributed by atoms with E-state index in [9.17, 15) is 22.8 Å². The first kappa shape index (κ1) is 29.6. The van der Waals surface area contributed by atoms with Crippen molar-refractivity contribution in [3.63, 3.8) is 0 Å². The summed E-state index contributed by atoms with van der Waals surface area (Å²) in [6.07, 6.45) is 0.581. The summed E-state index contributed by atoms with van der Waals surface area (Å²) in [6.45, 7) is 8.81. The minimum atomic E-state index is -3.77. The van der Waals surface area contributed by atoms with Crippen LogP contribution in [-0.4, -0.2) is 78.0 Å². The molecule has 2 heterocycles. The molecule has 2 aromatic rings. The zero-order chi connectivity index (χ0) is 28.5. The molecule has 10 nitrogen and oxygen atoms in total. The molecule has 0 saturated carbocycles. The van der Waals surface area contributed by atoms with Crippen molar-refractivity contribution in [1.82, 2.24) is 14.1 Å². The maximum absolute atomic E-state index is 13.3. The highest BCUT2D eigenvalue weighted by Gasteiger charge is 2.48. The smallest absolute Gasteiger partial charge is 0.327 e. The maximum Gasteiger partial charge on any atom is 0.327 e. The number of amides is 3. The van der Waals surface area contributed by atoms with Crippen LogP contribution in [0.3, 0.4) is 0 Å². The Kier molecular flexibility index (Phi) is 8.62. The highest BCUT2D eigenvalue weighted by Crippen LogP contribution is 2.27. The molecular weight excluding hydrogens is 510 g/mol. The molecule has 1 unspecified atom stereocenters. The molecule has 0 aliphatic carbocycles. The molecule has 1 fully saturated rings. The minimum Gasteiger partial charge on any atom is -0.460 e. The van der Waals surface area contributed by atoms with Crippen molar-refractivity contribution in [3.05, 3.63) is 36.1 Å². The van der Waals surface area contributed by atoms with E-state index in [2.05, 4.69) is 0 Å². The number of likely N-dealkylation sites (N-methyl/N-ethyl adjacent to an activating group) is 1. The third kappa shape index (κ3) is 6.93. The van der Waals surface area contributed by atoms with Crippen molar-refractivity contribution in [2.24, 2.45) is 5.92 Å². The van der Waals surface area contributed by atoms with Gasteiger partial charge in [0.05, 0.1) is 12.3 Å². The number of imide groups is 1. The van der Waals surface area contributed by atoms with Crippen molar-refractivity contribution in [2.75, 3.05) is 26.4 Å². The molecule has 3 rings (SSSR count). The fourth-order valence-corrected chi connectivity index (χ4v) is 5.90. The average Bonchev–Trinajstić information content (AvgIpc) is 3.26. The monoisotopic (exact) mass is 549 g/mol. The lowest BCUT2D eigenvalue weighted by Crippen LogP contribution is -2.41. The standard InChI is InChI=1S/C27H39N3O7S/c1-26(2,3)37-23(31)15-19(11-10-14-30-24(32)27(4,5)29(7)25(30)33)18-38(34,35)28(6)17-21-16-20-12-8-9-13-22(20)36-21/h8-9,12-13,16,19H,10-11,14-15,17-18H2,1-7H3. The van der Waals surface area contributed by atoms with E-state index in [1.165, 1.54) is 21.2 Å². The van der Waals surface area contributed by atoms with Crippen LogP contribution in [0.2, 0.25) is 0 Å². The van der Waals surface area contributed by atoms with Gasteiger partial charge in [-0.25, -0.2) is 13.2 Å². The van der Waals surface area contributed by atoms with Crippen LogP contribution in [0.5, 0.6) is 0 Å². The minimum absolute atomic E-state index is 0.0500. The Bertz CT molecular complexity index is 1260. The number of carbonyl (C=O) groups is 3. The number of furan rings is 1. The van der Waals surface area contributed by atoms with Gasteiger partial charge in [-0.3, -0.25) is 14.5 Å². The Labute approximate surface area is 224 Å². The molecule has 11 heteroatoms. The van der Waals surface area contributed by atoms with Crippen LogP contribution in [-0.2, 0) is 30.9 Å². The second-order valence-corrected chi connectivity index (χ2v) is 13.6. The molecule has 0 N–H and O–H groups in total. The quantitative estimate of drug-likeness (QED) is 0.307. The third-order valence-electron chi connectivity index (χ3n) is 6.77. The van der Waals surface area contributed by atoms with Gasteiger partial charge in [0.25, 0.3) is 5.91 Å². The van der Waals surface area contributed by atoms with Crippen LogP contribution in [0.1, 0.15) is 59.6 Å². The first-order valence-electron chi connectivity index (χ1n) is 12.7. The fourth-order valence-electron chi connectivity index (χ4n) is 4.44. The van der Waals surface area contributed by atoms with Gasteiger partial charge in [-0.05, 0) is 65.5 Å². The van der Waals surface area contributed by atoms with Crippen LogP contribution < -0.4 is 0 Å². The number of hydrogen-bond donors (Lipinski definition) is 0. The van der Waals surface area contributed by atoms with Crippen molar-refractivity contribution < 1.29 is 32.0 Å². The summed E-state index contributed by atoms with van der Waals surface area (Å²) in [4.78, 5) is 40.4. The lowest BCUT2D eigenvalue weighted by Gasteiger charge is -2.24. The van der Waals surface area contributed by atoms with Gasteiger partial charge >= 0.3 is 12.0 Å². The van der Waals surface area contributed by atoms with Gasteiger partial charge in [0.15, 0.2) is 0 Å². The van der Waals surface area contributed by atoms with Crippen LogP contribution in [0, 0.1) is 5.92 Å². The number of sulfonamides is 1. The summed E-state index contributed by atoms with van der Waals surface area (Å²) in [5.41, 5.74) is -0.963. The van der Waals surface area contributed by atoms with Gasteiger partial charge in [0, 0.05) is 32.4 Å². The Hall–Kier alpha value is -2.92. The van der Waals surface area contributed by atoms with E-state index in [0.717, 1.165) is 5.39 Å². The lowest BCUT2D eigenvalue weighted by molar-refractivity contribution is -0.155. The third-order valence-corrected chi connectivity index (χ3v) is 8.74. The lowest BCUT2D eigenvalue weighted by atomic mass is 10.0. The topological polar surface area (TPSA) is 117 Å². The largest absolute Gasteiger partial charge is 0.460 e. The van der Waals surface area contributed by atoms with Gasteiger partial charge < -0.3 is 14.1 Å². The molecule has 1 aliphatic rings. The fraction of sp³-hybridized carbons (Fsp3) is 0.593. The Morgan fingerprint density at radius 2 is 1.84 bits per heavy atom. The van der Waals surface area contributed by atoms with Crippen LogP contribution in [0.4, 0.5) is 4.79 Å². The summed E-state index contributed by atoms with van der Waals surface area (Å²) in [5, 5.41) is 0.885. The number of hydrogen-bond acceptors (Lipinski definition) is 7. The van der Waals surface area contributed by atoms with Crippen molar-refractivity contribution >= 4 is 38.9 Å². The predicted molar refractivity (Wildman–Crippen MR) is 144 cm³/mol. The van der Waals surface area contributed by atoms with Gasteiger partial charge in [-0.15, -0.1) is 0 Å². The number of esters is 1. The average molecular weight is 550 g/mol.